The third-order valence-electron chi connectivity index (χ3n) is 3.15. The first kappa shape index (κ1) is 11.6. The van der Waals surface area contributed by atoms with E-state index in [9.17, 15) is 0 Å². The van der Waals surface area contributed by atoms with Gasteiger partial charge in [-0.25, -0.2) is 0 Å². The van der Waals surface area contributed by atoms with Crippen LogP contribution in [-0.4, -0.2) is 25.3 Å². The van der Waals surface area contributed by atoms with E-state index in [0.29, 0.717) is 12.2 Å². The summed E-state index contributed by atoms with van der Waals surface area (Å²) in [6.07, 6.45) is 0.784. The van der Waals surface area contributed by atoms with Crippen LogP contribution in [0.4, 0.5) is 0 Å². The highest BCUT2D eigenvalue weighted by Gasteiger charge is 2.25. The van der Waals surface area contributed by atoms with Crippen molar-refractivity contribution < 1.29 is 9.64 Å². The summed E-state index contributed by atoms with van der Waals surface area (Å²) in [4.78, 5) is 1.64. The predicted molar refractivity (Wildman–Crippen MR) is 65.6 cm³/mol. The Kier molecular flexibility index (Phi) is 3.62. The molecule has 1 saturated heterocycles. The quantitative estimate of drug-likeness (QED) is 0.790. The molecule has 1 aromatic carbocycles. The van der Waals surface area contributed by atoms with Crippen LogP contribution in [-0.2, 0) is 11.3 Å². The molecule has 1 aromatic rings. The van der Waals surface area contributed by atoms with Crippen LogP contribution in [0.5, 0.6) is 0 Å². The molecule has 2 nitrogen and oxygen atoms in total. The highest BCUT2D eigenvalue weighted by atomic mass is 16.5. The highest BCUT2D eigenvalue weighted by molar-refractivity contribution is 5.21. The second kappa shape index (κ2) is 4.98. The fourth-order valence-corrected chi connectivity index (χ4v) is 2.64. The molecule has 1 N–H and O–H groups in total. The number of rotatable bonds is 2. The zero-order chi connectivity index (χ0) is 11.5. The maximum atomic E-state index is 5.76. The van der Waals surface area contributed by atoms with Crippen molar-refractivity contribution in [1.29, 1.82) is 0 Å². The predicted octanol–water partition coefficient (Wildman–Crippen LogP) is 1.19. The van der Waals surface area contributed by atoms with E-state index in [2.05, 4.69) is 45.0 Å². The van der Waals surface area contributed by atoms with Crippen molar-refractivity contribution >= 4 is 0 Å². The lowest BCUT2D eigenvalue weighted by Gasteiger charge is -2.32. The van der Waals surface area contributed by atoms with Gasteiger partial charge in [0.05, 0.1) is 0 Å². The maximum Gasteiger partial charge on any atom is 0.104 e. The third-order valence-corrected chi connectivity index (χ3v) is 3.15. The SMILES string of the molecule is Cc1cccc(C[NH+]2C[C@@H](C)O[C@@H](C)C2)c1. The van der Waals surface area contributed by atoms with Gasteiger partial charge in [-0.15, -0.1) is 0 Å². The fraction of sp³-hybridized carbons (Fsp3) is 0.571. The van der Waals surface area contributed by atoms with Crippen molar-refractivity contribution in [1.82, 2.24) is 0 Å². The molecule has 16 heavy (non-hydrogen) atoms. The Morgan fingerprint density at radius 2 is 1.94 bits per heavy atom. The van der Waals surface area contributed by atoms with E-state index in [1.807, 2.05) is 0 Å². The molecule has 0 spiro atoms. The molecule has 0 bridgehead atoms. The van der Waals surface area contributed by atoms with Crippen LogP contribution >= 0.6 is 0 Å². The second-order valence-corrected chi connectivity index (χ2v) is 5.08. The lowest BCUT2D eigenvalue weighted by molar-refractivity contribution is -0.928. The van der Waals surface area contributed by atoms with Crippen molar-refractivity contribution in [2.45, 2.75) is 39.5 Å². The van der Waals surface area contributed by atoms with E-state index in [-0.39, 0.29) is 0 Å². The number of benzene rings is 1. The molecule has 1 unspecified atom stereocenters. The number of nitrogens with one attached hydrogen (secondary N) is 1. The van der Waals surface area contributed by atoms with E-state index >= 15 is 0 Å². The van der Waals surface area contributed by atoms with E-state index in [1.54, 1.807) is 4.90 Å². The van der Waals surface area contributed by atoms with E-state index in [0.717, 1.165) is 19.6 Å². The van der Waals surface area contributed by atoms with Gasteiger partial charge >= 0.3 is 0 Å². The average Bonchev–Trinajstić information content (AvgIpc) is 2.15. The van der Waals surface area contributed by atoms with Crippen LogP contribution in [0.3, 0.4) is 0 Å². The minimum absolute atomic E-state index is 0.392. The first-order valence-corrected chi connectivity index (χ1v) is 6.18. The molecule has 1 aliphatic rings. The summed E-state index contributed by atoms with van der Waals surface area (Å²) >= 11 is 0. The smallest absolute Gasteiger partial charge is 0.104 e. The molecule has 0 aromatic heterocycles. The van der Waals surface area contributed by atoms with Gasteiger partial charge in [0, 0.05) is 5.56 Å². The van der Waals surface area contributed by atoms with Gasteiger partial charge in [-0.05, 0) is 20.8 Å². The van der Waals surface area contributed by atoms with Gasteiger partial charge in [0.15, 0.2) is 0 Å². The lowest BCUT2D eigenvalue weighted by atomic mass is 10.1. The first-order valence-electron chi connectivity index (χ1n) is 6.18. The molecule has 1 aliphatic heterocycles. The number of morpholine rings is 1. The van der Waals surface area contributed by atoms with Gasteiger partial charge in [0.1, 0.15) is 31.8 Å². The Morgan fingerprint density at radius 1 is 1.25 bits per heavy atom. The molecule has 0 amide bonds. The van der Waals surface area contributed by atoms with Crippen molar-refractivity contribution in [3.63, 3.8) is 0 Å². The second-order valence-electron chi connectivity index (χ2n) is 5.08. The normalized spacial score (nSPS) is 30.3. The zero-order valence-electron chi connectivity index (χ0n) is 10.5. The molecular formula is C14H22NO+. The molecule has 1 heterocycles. The Hall–Kier alpha value is -0.860. The minimum atomic E-state index is 0.392. The van der Waals surface area contributed by atoms with Gasteiger partial charge in [0.25, 0.3) is 0 Å². The monoisotopic (exact) mass is 220 g/mol. The summed E-state index contributed by atoms with van der Waals surface area (Å²) in [5.41, 5.74) is 2.79. The summed E-state index contributed by atoms with van der Waals surface area (Å²) < 4.78 is 5.76. The van der Waals surface area contributed by atoms with Gasteiger partial charge in [-0.2, -0.15) is 0 Å². The third kappa shape index (κ3) is 3.06. The van der Waals surface area contributed by atoms with Crippen LogP contribution in [0.15, 0.2) is 24.3 Å². The molecule has 2 heteroatoms. The van der Waals surface area contributed by atoms with Crippen molar-refractivity contribution in [3.05, 3.63) is 35.4 Å². The highest BCUT2D eigenvalue weighted by Crippen LogP contribution is 2.04. The molecule has 0 aliphatic carbocycles. The Bertz CT molecular complexity index is 340. The molecule has 1 fully saturated rings. The molecular weight excluding hydrogens is 198 g/mol. The number of ether oxygens (including phenoxy) is 1. The fourth-order valence-electron chi connectivity index (χ4n) is 2.64. The van der Waals surface area contributed by atoms with Crippen LogP contribution in [0.2, 0.25) is 0 Å². The lowest BCUT2D eigenvalue weighted by Crippen LogP contribution is -3.14. The number of hydrogen-bond donors (Lipinski definition) is 1. The summed E-state index contributed by atoms with van der Waals surface area (Å²) in [7, 11) is 0. The molecule has 88 valence electrons. The maximum absolute atomic E-state index is 5.76. The Labute approximate surface area is 98.2 Å². The van der Waals surface area contributed by atoms with E-state index < -0.39 is 0 Å². The molecule has 3 atom stereocenters. The number of aryl methyl sites for hydroxylation is 1. The summed E-state index contributed by atoms with van der Waals surface area (Å²) in [5, 5.41) is 0. The van der Waals surface area contributed by atoms with Crippen LogP contribution < -0.4 is 4.90 Å². The average molecular weight is 220 g/mol. The summed E-state index contributed by atoms with van der Waals surface area (Å²) in [6.45, 7) is 9.87. The topological polar surface area (TPSA) is 13.7 Å². The van der Waals surface area contributed by atoms with Crippen LogP contribution in [0.1, 0.15) is 25.0 Å². The van der Waals surface area contributed by atoms with Gasteiger partial charge in [-0.1, -0.05) is 29.8 Å². The number of quaternary nitrogens is 1. The number of hydrogen-bond acceptors (Lipinski definition) is 1. The Morgan fingerprint density at radius 3 is 2.56 bits per heavy atom. The molecule has 2 rings (SSSR count). The summed E-state index contributed by atoms with van der Waals surface area (Å²) in [5.74, 6) is 0. The zero-order valence-corrected chi connectivity index (χ0v) is 10.5. The van der Waals surface area contributed by atoms with Gasteiger partial charge in [-0.3, -0.25) is 0 Å². The van der Waals surface area contributed by atoms with Gasteiger partial charge < -0.3 is 9.64 Å². The largest absolute Gasteiger partial charge is 0.364 e. The first-order chi connectivity index (χ1) is 7.63. The van der Waals surface area contributed by atoms with Gasteiger partial charge in [0.2, 0.25) is 0 Å². The molecule has 0 saturated carbocycles. The van der Waals surface area contributed by atoms with Crippen molar-refractivity contribution in [3.8, 4) is 0 Å². The molecule has 0 radical (unpaired) electrons. The van der Waals surface area contributed by atoms with Crippen molar-refractivity contribution in [2.75, 3.05) is 13.1 Å². The standard InChI is InChI=1S/C14H21NO/c1-11-5-4-6-14(7-11)10-15-8-12(2)16-13(3)9-15/h4-7,12-13H,8-10H2,1-3H3/p+1/t12-,13+. The van der Waals surface area contributed by atoms with E-state index in [4.69, 9.17) is 4.74 Å². The summed E-state index contributed by atoms with van der Waals surface area (Å²) in [6, 6.07) is 8.82. The van der Waals surface area contributed by atoms with Crippen molar-refractivity contribution in [2.24, 2.45) is 0 Å². The van der Waals surface area contributed by atoms with Crippen LogP contribution in [0.25, 0.3) is 0 Å². The van der Waals surface area contributed by atoms with Crippen LogP contribution in [0, 0.1) is 6.92 Å². The van der Waals surface area contributed by atoms with E-state index in [1.165, 1.54) is 11.1 Å². The Balaban J connectivity index is 1.98. The minimum Gasteiger partial charge on any atom is -0.364 e.